The van der Waals surface area contributed by atoms with E-state index in [4.69, 9.17) is 0 Å². The Morgan fingerprint density at radius 2 is 2.31 bits per heavy atom. The van der Waals surface area contributed by atoms with E-state index in [9.17, 15) is 0 Å². The fourth-order valence-electron chi connectivity index (χ4n) is 2.86. The van der Waals surface area contributed by atoms with Crippen molar-refractivity contribution < 1.29 is 0 Å². The molecular weight excluding hydrogens is 156 g/mol. The second-order valence-corrected chi connectivity index (χ2v) is 4.47. The van der Waals surface area contributed by atoms with Gasteiger partial charge in [-0.15, -0.1) is 0 Å². The summed E-state index contributed by atoms with van der Waals surface area (Å²) in [5.41, 5.74) is 1.78. The Morgan fingerprint density at radius 3 is 3.15 bits per heavy atom. The summed E-state index contributed by atoms with van der Waals surface area (Å²) in [6, 6.07) is 0. The van der Waals surface area contributed by atoms with E-state index in [2.05, 4.69) is 25.2 Å². The third kappa shape index (κ3) is 2.04. The molecule has 1 fully saturated rings. The van der Waals surface area contributed by atoms with Crippen LogP contribution in [0.4, 0.5) is 0 Å². The molecule has 0 aromatic rings. The van der Waals surface area contributed by atoms with Crippen molar-refractivity contribution in [3.8, 4) is 0 Å². The Labute approximate surface area is 81.7 Å². The van der Waals surface area contributed by atoms with E-state index < -0.39 is 0 Å². The fourth-order valence-corrected chi connectivity index (χ4v) is 2.86. The first kappa shape index (κ1) is 9.05. The molecule has 0 aromatic carbocycles. The topological polar surface area (TPSA) is 0 Å². The average molecular weight is 176 g/mol. The Hall–Kier alpha value is -0.520. The standard InChI is InChI=1S/C13H20/c1-2-5-11-8-9-12-6-3-4-7-13(12)10-11/h2,5-6,11,13H,3-4,7-10H2,1H3/b5-2-. The minimum Gasteiger partial charge on any atom is -0.0914 e. The molecule has 0 aliphatic heterocycles. The maximum atomic E-state index is 2.51. The maximum absolute atomic E-state index is 2.51. The van der Waals surface area contributed by atoms with Gasteiger partial charge in [0.15, 0.2) is 0 Å². The van der Waals surface area contributed by atoms with Crippen molar-refractivity contribution in [3.05, 3.63) is 23.8 Å². The van der Waals surface area contributed by atoms with E-state index >= 15 is 0 Å². The summed E-state index contributed by atoms with van der Waals surface area (Å²) in [5, 5.41) is 0. The van der Waals surface area contributed by atoms with Crippen LogP contribution in [0.5, 0.6) is 0 Å². The summed E-state index contributed by atoms with van der Waals surface area (Å²) < 4.78 is 0. The van der Waals surface area contributed by atoms with Crippen molar-refractivity contribution in [3.63, 3.8) is 0 Å². The van der Waals surface area contributed by atoms with E-state index in [1.807, 2.05) is 0 Å². The zero-order valence-corrected chi connectivity index (χ0v) is 8.63. The van der Waals surface area contributed by atoms with Crippen molar-refractivity contribution in [2.45, 2.75) is 45.4 Å². The molecule has 0 heteroatoms. The van der Waals surface area contributed by atoms with Gasteiger partial charge in [-0.05, 0) is 57.3 Å². The molecule has 2 unspecified atom stereocenters. The van der Waals surface area contributed by atoms with Crippen molar-refractivity contribution in [2.24, 2.45) is 11.8 Å². The van der Waals surface area contributed by atoms with Crippen LogP contribution in [0.15, 0.2) is 23.8 Å². The Morgan fingerprint density at radius 1 is 1.38 bits per heavy atom. The van der Waals surface area contributed by atoms with Gasteiger partial charge in [0.1, 0.15) is 0 Å². The van der Waals surface area contributed by atoms with Crippen LogP contribution in [0.2, 0.25) is 0 Å². The molecule has 72 valence electrons. The van der Waals surface area contributed by atoms with E-state index in [1.54, 1.807) is 5.57 Å². The predicted octanol–water partition coefficient (Wildman–Crippen LogP) is 4.09. The summed E-state index contributed by atoms with van der Waals surface area (Å²) in [6.45, 7) is 2.15. The second-order valence-electron chi connectivity index (χ2n) is 4.47. The van der Waals surface area contributed by atoms with Gasteiger partial charge < -0.3 is 0 Å². The van der Waals surface area contributed by atoms with E-state index in [-0.39, 0.29) is 0 Å². The molecule has 0 heterocycles. The van der Waals surface area contributed by atoms with E-state index in [1.165, 1.54) is 38.5 Å². The number of allylic oxidation sites excluding steroid dienone is 4. The van der Waals surface area contributed by atoms with Crippen LogP contribution in [0.3, 0.4) is 0 Å². The second kappa shape index (κ2) is 4.13. The molecule has 0 aromatic heterocycles. The predicted molar refractivity (Wildman–Crippen MR) is 57.6 cm³/mol. The van der Waals surface area contributed by atoms with Crippen LogP contribution in [0.1, 0.15) is 45.4 Å². The molecular formula is C13H20. The molecule has 0 amide bonds. The van der Waals surface area contributed by atoms with Crippen LogP contribution >= 0.6 is 0 Å². The lowest BCUT2D eigenvalue weighted by atomic mass is 9.73. The molecule has 0 saturated heterocycles. The fraction of sp³-hybridized carbons (Fsp3) is 0.692. The molecule has 0 N–H and O–H groups in total. The number of hydrogen-bond donors (Lipinski definition) is 0. The highest BCUT2D eigenvalue weighted by atomic mass is 14.3. The Kier molecular flexibility index (Phi) is 2.87. The van der Waals surface area contributed by atoms with Crippen LogP contribution in [-0.4, -0.2) is 0 Å². The molecule has 0 bridgehead atoms. The molecule has 2 atom stereocenters. The minimum absolute atomic E-state index is 0.880. The van der Waals surface area contributed by atoms with E-state index in [0.29, 0.717) is 0 Å². The summed E-state index contributed by atoms with van der Waals surface area (Å²) in [5.74, 6) is 1.83. The molecule has 0 radical (unpaired) electrons. The summed E-state index contributed by atoms with van der Waals surface area (Å²) in [6.07, 6.45) is 15.6. The number of hydrogen-bond acceptors (Lipinski definition) is 0. The van der Waals surface area contributed by atoms with Gasteiger partial charge in [0, 0.05) is 0 Å². The molecule has 0 nitrogen and oxygen atoms in total. The lowest BCUT2D eigenvalue weighted by Gasteiger charge is -2.32. The summed E-state index contributed by atoms with van der Waals surface area (Å²) in [4.78, 5) is 0. The molecule has 2 aliphatic carbocycles. The maximum Gasteiger partial charge on any atom is -0.0198 e. The van der Waals surface area contributed by atoms with Crippen molar-refractivity contribution in [2.75, 3.05) is 0 Å². The van der Waals surface area contributed by atoms with Crippen LogP contribution in [0, 0.1) is 11.8 Å². The highest BCUT2D eigenvalue weighted by Gasteiger charge is 2.25. The largest absolute Gasteiger partial charge is 0.0914 e. The molecule has 2 rings (SSSR count). The van der Waals surface area contributed by atoms with Crippen molar-refractivity contribution in [1.29, 1.82) is 0 Å². The molecule has 2 aliphatic rings. The van der Waals surface area contributed by atoms with Gasteiger partial charge in [0.05, 0.1) is 0 Å². The molecule has 0 spiro atoms. The SMILES string of the molecule is C/C=C\C1CCC2=CCCCC2C1. The Balaban J connectivity index is 2.00. The number of rotatable bonds is 1. The lowest BCUT2D eigenvalue weighted by Crippen LogP contribution is -2.18. The van der Waals surface area contributed by atoms with Gasteiger partial charge in [0.2, 0.25) is 0 Å². The van der Waals surface area contributed by atoms with Gasteiger partial charge >= 0.3 is 0 Å². The number of fused-ring (bicyclic) bond motifs is 1. The highest BCUT2D eigenvalue weighted by molar-refractivity contribution is 5.14. The zero-order chi connectivity index (χ0) is 9.10. The minimum atomic E-state index is 0.880. The smallest absolute Gasteiger partial charge is 0.0198 e. The quantitative estimate of drug-likeness (QED) is 0.528. The summed E-state index contributed by atoms with van der Waals surface area (Å²) in [7, 11) is 0. The summed E-state index contributed by atoms with van der Waals surface area (Å²) >= 11 is 0. The zero-order valence-electron chi connectivity index (χ0n) is 8.63. The van der Waals surface area contributed by atoms with Crippen LogP contribution in [-0.2, 0) is 0 Å². The van der Waals surface area contributed by atoms with Gasteiger partial charge in [-0.3, -0.25) is 0 Å². The van der Waals surface area contributed by atoms with Gasteiger partial charge in [-0.2, -0.15) is 0 Å². The third-order valence-corrected chi connectivity index (χ3v) is 3.54. The van der Waals surface area contributed by atoms with E-state index in [0.717, 1.165) is 11.8 Å². The first-order chi connectivity index (χ1) is 6.40. The monoisotopic (exact) mass is 176 g/mol. The highest BCUT2D eigenvalue weighted by Crippen LogP contribution is 2.39. The first-order valence-electron chi connectivity index (χ1n) is 5.72. The normalized spacial score (nSPS) is 34.4. The lowest BCUT2D eigenvalue weighted by molar-refractivity contribution is 0.347. The first-order valence-corrected chi connectivity index (χ1v) is 5.72. The van der Waals surface area contributed by atoms with Crippen LogP contribution < -0.4 is 0 Å². The van der Waals surface area contributed by atoms with Crippen LogP contribution in [0.25, 0.3) is 0 Å². The molecule has 1 saturated carbocycles. The van der Waals surface area contributed by atoms with Gasteiger partial charge in [0.25, 0.3) is 0 Å². The van der Waals surface area contributed by atoms with Crippen molar-refractivity contribution >= 4 is 0 Å². The molecule has 13 heavy (non-hydrogen) atoms. The third-order valence-electron chi connectivity index (χ3n) is 3.54. The van der Waals surface area contributed by atoms with Crippen molar-refractivity contribution in [1.82, 2.24) is 0 Å². The van der Waals surface area contributed by atoms with Gasteiger partial charge in [-0.1, -0.05) is 23.8 Å². The average Bonchev–Trinajstić information content (AvgIpc) is 2.18. The van der Waals surface area contributed by atoms with Gasteiger partial charge in [-0.25, -0.2) is 0 Å². The Bertz CT molecular complexity index is 222.